The molecule has 8 atom stereocenters. The van der Waals surface area contributed by atoms with Crippen LogP contribution in [0.2, 0.25) is 0 Å². The highest BCUT2D eigenvalue weighted by atomic mass is 33.1. The van der Waals surface area contributed by atoms with Gasteiger partial charge in [-0.05, 0) is 170 Å². The van der Waals surface area contributed by atoms with Crippen LogP contribution in [0, 0.1) is 11.8 Å². The largest absolute Gasteiger partial charge is 0.508 e. The van der Waals surface area contributed by atoms with Gasteiger partial charge in [0, 0.05) is 53.3 Å². The summed E-state index contributed by atoms with van der Waals surface area (Å²) in [6, 6.07) is 14.9. The summed E-state index contributed by atoms with van der Waals surface area (Å²) in [5.74, 6) is 0.582. The molecule has 0 amide bonds. The Bertz CT molecular complexity index is 2530. The highest BCUT2D eigenvalue weighted by Crippen LogP contribution is 2.54. The summed E-state index contributed by atoms with van der Waals surface area (Å²) < 4.78 is 13.5. The van der Waals surface area contributed by atoms with Crippen molar-refractivity contribution in [3.8, 4) is 28.4 Å². The first kappa shape index (κ1) is 51.1. The molecule has 4 aromatic carbocycles. The quantitative estimate of drug-likeness (QED) is 0.0661. The molecule has 5 aliphatic rings. The van der Waals surface area contributed by atoms with E-state index in [4.69, 9.17) is 9.47 Å². The third-order valence-electron chi connectivity index (χ3n) is 16.3. The number of ketones is 2. The van der Waals surface area contributed by atoms with Crippen molar-refractivity contribution in [1.82, 2.24) is 5.32 Å². The van der Waals surface area contributed by atoms with E-state index in [0.29, 0.717) is 67.6 Å². The van der Waals surface area contributed by atoms with Gasteiger partial charge in [-0.15, -0.1) is 0 Å². The minimum Gasteiger partial charge on any atom is -0.508 e. The van der Waals surface area contributed by atoms with E-state index < -0.39 is 24.0 Å². The first-order chi connectivity index (χ1) is 33.9. The second-order valence-corrected chi connectivity index (χ2v) is 23.6. The van der Waals surface area contributed by atoms with Gasteiger partial charge in [0.25, 0.3) is 0 Å². The Morgan fingerprint density at radius 2 is 1.76 bits per heavy atom. The molecule has 14 heteroatoms. The van der Waals surface area contributed by atoms with Gasteiger partial charge in [0.05, 0.1) is 38.1 Å². The number of Topliss-reactive ketones (excluding diaryl/α,β-unsaturated/α-hetero) is 2. The van der Waals surface area contributed by atoms with E-state index in [2.05, 4.69) is 16.7 Å². The summed E-state index contributed by atoms with van der Waals surface area (Å²) in [4.78, 5) is 27.1. The van der Waals surface area contributed by atoms with E-state index in [1.54, 1.807) is 53.8 Å². The molecule has 2 aliphatic heterocycles. The Kier molecular flexibility index (Phi) is 16.4. The fraction of sp³-hybridized carbons (Fsp3) is 0.571. The van der Waals surface area contributed by atoms with Crippen molar-refractivity contribution < 1.29 is 49.7 Å². The number of benzene rings is 4. The van der Waals surface area contributed by atoms with Crippen LogP contribution in [0.15, 0.2) is 48.5 Å². The number of nitrogens with one attached hydrogen (secondary N) is 2. The van der Waals surface area contributed by atoms with Crippen LogP contribution in [-0.2, 0) is 33.8 Å². The van der Waals surface area contributed by atoms with Crippen molar-refractivity contribution in [3.63, 3.8) is 0 Å². The second-order valence-electron chi connectivity index (χ2n) is 20.9. The maximum Gasteiger partial charge on any atom is 0.168 e. The summed E-state index contributed by atoms with van der Waals surface area (Å²) >= 11 is 0. The smallest absolute Gasteiger partial charge is 0.168 e. The zero-order valence-corrected chi connectivity index (χ0v) is 42.4. The normalized spacial score (nSPS) is 27.1. The van der Waals surface area contributed by atoms with Gasteiger partial charge in [-0.3, -0.25) is 14.9 Å². The maximum atomic E-state index is 14.8. The molecule has 378 valence electrons. The number of methoxy groups -OCH3 is 1. The molecule has 4 aromatic rings. The molecule has 70 heavy (non-hydrogen) atoms. The third-order valence-corrected chi connectivity index (χ3v) is 19.1. The number of hydrogen-bond acceptors (Lipinski definition) is 14. The number of phenolic OH excluding ortho intramolecular Hbond substituents is 2. The van der Waals surface area contributed by atoms with Crippen LogP contribution in [-0.4, -0.2) is 92.1 Å². The van der Waals surface area contributed by atoms with Gasteiger partial charge in [-0.25, -0.2) is 0 Å². The lowest BCUT2D eigenvalue weighted by Crippen LogP contribution is -2.43. The second kappa shape index (κ2) is 22.5. The number of carbonyl (C=O) groups is 2. The number of fused-ring (bicyclic) bond motifs is 9. The fourth-order valence-corrected chi connectivity index (χ4v) is 15.6. The van der Waals surface area contributed by atoms with Crippen LogP contribution in [0.1, 0.15) is 154 Å². The number of phenols is 2. The van der Waals surface area contributed by atoms with E-state index in [1.165, 1.54) is 0 Å². The number of aliphatic hydroxyl groups excluding tert-OH is 3. The zero-order chi connectivity index (χ0) is 49.1. The Morgan fingerprint density at radius 1 is 0.943 bits per heavy atom. The molecule has 0 spiro atoms. The number of carbonyl (C=O) groups excluding carboxylic acids is 2. The fourth-order valence-electron chi connectivity index (χ4n) is 12.7. The highest BCUT2D eigenvalue weighted by Gasteiger charge is 2.41. The van der Waals surface area contributed by atoms with Gasteiger partial charge in [0.15, 0.2) is 11.5 Å². The molecule has 0 unspecified atom stereocenters. The average Bonchev–Trinajstić information content (AvgIpc) is 3.44. The van der Waals surface area contributed by atoms with Crippen LogP contribution < -0.4 is 15.4 Å². The van der Waals surface area contributed by atoms with Gasteiger partial charge in [0.2, 0.25) is 0 Å². The Hall–Kier alpha value is -3.86. The number of aliphatic hydroxyl groups is 4. The van der Waals surface area contributed by atoms with Gasteiger partial charge < -0.3 is 45.4 Å². The van der Waals surface area contributed by atoms with Crippen LogP contribution in [0.3, 0.4) is 0 Å². The van der Waals surface area contributed by atoms with Gasteiger partial charge in [-0.1, -0.05) is 65.1 Å². The highest BCUT2D eigenvalue weighted by molar-refractivity contribution is 8.76. The zero-order valence-electron chi connectivity index (χ0n) is 40.7. The maximum absolute atomic E-state index is 14.8. The lowest BCUT2D eigenvalue weighted by atomic mass is 9.69. The SMILES string of the molecule is COc1c(O)ccc2c1-c1ccc3ccc(O)cc3c1[C@@H]1CC[C@H](C[C@H](O)CSS1)[C@@H](O[C@H]1N[C@@H](CCC3(O)CCCCC3)CC[C@@H]3c4c1cc(CO)c(NCC(C)=O)c4CC[C@H]3CO)CC(=O)CC2. The van der Waals surface area contributed by atoms with Gasteiger partial charge in [-0.2, -0.15) is 0 Å². The topological polar surface area (TPSA) is 198 Å². The molecule has 2 fully saturated rings. The molecule has 1 saturated heterocycles. The van der Waals surface area contributed by atoms with Crippen molar-refractivity contribution in [2.45, 2.75) is 164 Å². The summed E-state index contributed by atoms with van der Waals surface area (Å²) in [5.41, 5.74) is 7.06. The first-order valence-electron chi connectivity index (χ1n) is 25.8. The summed E-state index contributed by atoms with van der Waals surface area (Å²) in [6.07, 6.45) is 9.28. The van der Waals surface area contributed by atoms with Gasteiger partial charge in [0.1, 0.15) is 23.5 Å². The Labute approximate surface area is 420 Å². The minimum absolute atomic E-state index is 0.00236. The van der Waals surface area contributed by atoms with Crippen LogP contribution >= 0.6 is 21.6 Å². The molecular weight excluding hydrogens is 925 g/mol. The van der Waals surface area contributed by atoms with E-state index in [1.807, 2.05) is 24.3 Å². The molecule has 9 rings (SSSR count). The molecule has 8 N–H and O–H groups in total. The molecule has 3 aliphatic carbocycles. The molecule has 0 aromatic heterocycles. The average molecular weight is 997 g/mol. The van der Waals surface area contributed by atoms with Crippen molar-refractivity contribution >= 4 is 49.6 Å². The molecule has 2 bridgehead atoms. The number of aryl methyl sites for hydroxylation is 1. The van der Waals surface area contributed by atoms with E-state index in [0.717, 1.165) is 101 Å². The molecule has 12 nitrogen and oxygen atoms in total. The monoisotopic (exact) mass is 996 g/mol. The van der Waals surface area contributed by atoms with Crippen LogP contribution in [0.5, 0.6) is 17.2 Å². The number of rotatable bonds is 11. The number of hydrogen-bond donors (Lipinski definition) is 8. The summed E-state index contributed by atoms with van der Waals surface area (Å²) in [5, 5.41) is 76.9. The Morgan fingerprint density at radius 3 is 2.53 bits per heavy atom. The van der Waals surface area contributed by atoms with E-state index in [-0.39, 0.29) is 84.7 Å². The number of anilines is 1. The molecular formula is C56H72N2O10S2. The van der Waals surface area contributed by atoms with E-state index >= 15 is 0 Å². The standard InChI is InChI=1S/C56H72N2O10S2/c1-32(61)28-57-53-37(30-60)25-46-51-42(36(29-59)9-16-44(51)53)17-12-38(20-23-56(66)21-4-3-5-22-56)58-55(46)68-48-27-40(63)14-7-34-10-18-47(65)54(67-2)50(34)43-15-8-33-6-13-39(62)26-45(33)52(43)49-19-11-35(48)24-41(64)31-69-70-49/h6,8,10,13,15,18,25-26,35-36,38,41-42,48-49,55,57-60,62,64-66H,3-5,7,9,11-12,14,16-17,19-24,27-31H2,1-2H3/t35-,36+,38-,41+,42+,48+,49+,55-/m1/s1. The Balaban J connectivity index is 1.17. The molecule has 2 heterocycles. The number of aromatic hydroxyl groups is 2. The van der Waals surface area contributed by atoms with Crippen molar-refractivity contribution in [3.05, 3.63) is 81.9 Å². The van der Waals surface area contributed by atoms with Crippen LogP contribution in [0.25, 0.3) is 21.9 Å². The first-order valence-corrected chi connectivity index (χ1v) is 28.1. The third kappa shape index (κ3) is 11.0. The lowest BCUT2D eigenvalue weighted by molar-refractivity contribution is -0.128. The van der Waals surface area contributed by atoms with Crippen molar-refractivity contribution in [2.75, 3.05) is 31.3 Å². The molecule has 1 saturated carbocycles. The van der Waals surface area contributed by atoms with Crippen molar-refractivity contribution in [2.24, 2.45) is 11.8 Å². The summed E-state index contributed by atoms with van der Waals surface area (Å²) in [6.45, 7) is 1.40. The predicted octanol–water partition coefficient (Wildman–Crippen LogP) is 9.86. The minimum atomic E-state index is -0.745. The van der Waals surface area contributed by atoms with Crippen molar-refractivity contribution in [1.29, 1.82) is 0 Å². The summed E-state index contributed by atoms with van der Waals surface area (Å²) in [7, 11) is 4.86. The lowest BCUT2D eigenvalue weighted by Gasteiger charge is -2.43. The van der Waals surface area contributed by atoms with E-state index in [9.17, 15) is 40.2 Å². The predicted molar refractivity (Wildman–Crippen MR) is 278 cm³/mol. The number of ether oxygens (including phenoxy) is 2. The molecule has 0 radical (unpaired) electrons. The van der Waals surface area contributed by atoms with Gasteiger partial charge >= 0.3 is 0 Å². The van der Waals surface area contributed by atoms with Crippen LogP contribution in [0.4, 0.5) is 5.69 Å².